The van der Waals surface area contributed by atoms with E-state index in [-0.39, 0.29) is 5.91 Å². The molecule has 2 aromatic rings. The SMILES string of the molecule is COc1cccc(CN(C)C(=O)/C=C/c2ccc(SC)cc2)c1. The number of carbonyl (C=O) groups is 1. The molecule has 0 saturated carbocycles. The standard InChI is InChI=1S/C19H21NO2S/c1-20(14-16-5-4-6-17(13-16)22-2)19(21)12-9-15-7-10-18(23-3)11-8-15/h4-13H,14H2,1-3H3/b12-9+. The molecular formula is C19H21NO2S. The van der Waals surface area contributed by atoms with E-state index in [2.05, 4.69) is 12.1 Å². The summed E-state index contributed by atoms with van der Waals surface area (Å²) < 4.78 is 5.20. The van der Waals surface area contributed by atoms with Gasteiger partial charge in [0, 0.05) is 24.6 Å². The number of hydrogen-bond acceptors (Lipinski definition) is 3. The van der Waals surface area contributed by atoms with E-state index < -0.39 is 0 Å². The Kier molecular flexibility index (Phi) is 6.29. The Bertz CT molecular complexity index is 680. The fourth-order valence-electron chi connectivity index (χ4n) is 2.13. The summed E-state index contributed by atoms with van der Waals surface area (Å²) >= 11 is 1.70. The van der Waals surface area contributed by atoms with Gasteiger partial charge in [-0.15, -0.1) is 11.8 Å². The molecule has 3 nitrogen and oxygen atoms in total. The van der Waals surface area contributed by atoms with Gasteiger partial charge < -0.3 is 9.64 Å². The third-order valence-corrected chi connectivity index (χ3v) is 4.21. The molecule has 23 heavy (non-hydrogen) atoms. The molecule has 0 fully saturated rings. The Morgan fingerprint density at radius 3 is 2.61 bits per heavy atom. The largest absolute Gasteiger partial charge is 0.497 e. The molecule has 0 spiro atoms. The smallest absolute Gasteiger partial charge is 0.246 e. The molecule has 120 valence electrons. The normalized spacial score (nSPS) is 10.7. The van der Waals surface area contributed by atoms with Gasteiger partial charge in [-0.1, -0.05) is 24.3 Å². The van der Waals surface area contributed by atoms with Crippen molar-refractivity contribution in [1.82, 2.24) is 4.90 Å². The third kappa shape index (κ3) is 5.18. The summed E-state index contributed by atoms with van der Waals surface area (Å²) in [7, 11) is 3.43. The fraction of sp³-hybridized carbons (Fsp3) is 0.211. The second-order valence-electron chi connectivity index (χ2n) is 5.15. The second kappa shape index (κ2) is 8.44. The van der Waals surface area contributed by atoms with Gasteiger partial charge in [-0.05, 0) is 47.7 Å². The van der Waals surface area contributed by atoms with E-state index in [0.717, 1.165) is 16.9 Å². The molecule has 0 aliphatic carbocycles. The molecule has 0 N–H and O–H groups in total. The highest BCUT2D eigenvalue weighted by Gasteiger charge is 2.06. The molecule has 0 aliphatic rings. The van der Waals surface area contributed by atoms with Crippen LogP contribution >= 0.6 is 11.8 Å². The minimum absolute atomic E-state index is 0.0261. The first-order valence-corrected chi connectivity index (χ1v) is 8.55. The lowest BCUT2D eigenvalue weighted by Crippen LogP contribution is -2.24. The summed E-state index contributed by atoms with van der Waals surface area (Å²) in [6.45, 7) is 0.547. The Hall–Kier alpha value is -2.20. The highest BCUT2D eigenvalue weighted by atomic mass is 32.2. The monoisotopic (exact) mass is 327 g/mol. The van der Waals surface area contributed by atoms with Crippen molar-refractivity contribution in [2.24, 2.45) is 0 Å². The summed E-state index contributed by atoms with van der Waals surface area (Å²) in [5.41, 5.74) is 2.06. The van der Waals surface area contributed by atoms with E-state index in [1.54, 1.807) is 36.9 Å². The van der Waals surface area contributed by atoms with E-state index in [0.29, 0.717) is 6.54 Å². The van der Waals surface area contributed by atoms with Crippen LogP contribution < -0.4 is 4.74 Å². The van der Waals surface area contributed by atoms with Crippen LogP contribution in [0.15, 0.2) is 59.5 Å². The number of likely N-dealkylation sites (N-methyl/N-ethyl adjacent to an activating group) is 1. The van der Waals surface area contributed by atoms with Gasteiger partial charge in [0.15, 0.2) is 0 Å². The minimum atomic E-state index is -0.0261. The van der Waals surface area contributed by atoms with Crippen molar-refractivity contribution in [2.45, 2.75) is 11.4 Å². The fourth-order valence-corrected chi connectivity index (χ4v) is 2.54. The van der Waals surface area contributed by atoms with Crippen LogP contribution in [0.2, 0.25) is 0 Å². The molecule has 0 radical (unpaired) electrons. The zero-order valence-corrected chi connectivity index (χ0v) is 14.5. The molecule has 4 heteroatoms. The van der Waals surface area contributed by atoms with Gasteiger partial charge in [0.05, 0.1) is 7.11 Å². The van der Waals surface area contributed by atoms with Crippen molar-refractivity contribution >= 4 is 23.7 Å². The zero-order valence-electron chi connectivity index (χ0n) is 13.7. The number of methoxy groups -OCH3 is 1. The van der Waals surface area contributed by atoms with E-state index in [4.69, 9.17) is 4.74 Å². The molecule has 2 rings (SSSR count). The lowest BCUT2D eigenvalue weighted by Gasteiger charge is -2.15. The lowest BCUT2D eigenvalue weighted by atomic mass is 10.2. The first-order valence-electron chi connectivity index (χ1n) is 7.32. The van der Waals surface area contributed by atoms with Crippen LogP contribution in [-0.2, 0) is 11.3 Å². The van der Waals surface area contributed by atoms with Gasteiger partial charge >= 0.3 is 0 Å². The number of hydrogen-bond donors (Lipinski definition) is 0. The molecule has 0 aliphatic heterocycles. The molecule has 1 amide bonds. The number of nitrogens with zero attached hydrogens (tertiary/aromatic N) is 1. The van der Waals surface area contributed by atoms with Gasteiger partial charge in [0.2, 0.25) is 5.91 Å². The van der Waals surface area contributed by atoms with E-state index in [1.807, 2.05) is 48.7 Å². The quantitative estimate of drug-likeness (QED) is 0.591. The summed E-state index contributed by atoms with van der Waals surface area (Å²) in [4.78, 5) is 15.1. The Morgan fingerprint density at radius 2 is 1.96 bits per heavy atom. The molecule has 0 bridgehead atoms. The molecule has 0 saturated heterocycles. The van der Waals surface area contributed by atoms with Gasteiger partial charge in [0.1, 0.15) is 5.75 Å². The first-order chi connectivity index (χ1) is 11.1. The maximum Gasteiger partial charge on any atom is 0.246 e. The van der Waals surface area contributed by atoms with Gasteiger partial charge in [0.25, 0.3) is 0 Å². The number of ether oxygens (including phenoxy) is 1. The van der Waals surface area contributed by atoms with Crippen LogP contribution in [-0.4, -0.2) is 31.2 Å². The molecule has 0 unspecified atom stereocenters. The molecular weight excluding hydrogens is 306 g/mol. The van der Waals surface area contributed by atoms with Crippen molar-refractivity contribution in [3.63, 3.8) is 0 Å². The summed E-state index contributed by atoms with van der Waals surface area (Å²) in [6, 6.07) is 15.9. The predicted octanol–water partition coefficient (Wildman–Crippen LogP) is 4.09. The number of carbonyl (C=O) groups excluding carboxylic acids is 1. The van der Waals surface area contributed by atoms with Crippen LogP contribution in [0.1, 0.15) is 11.1 Å². The Labute approximate surface area is 142 Å². The van der Waals surface area contributed by atoms with Crippen LogP contribution in [0.4, 0.5) is 0 Å². The third-order valence-electron chi connectivity index (χ3n) is 3.46. The van der Waals surface area contributed by atoms with Crippen molar-refractivity contribution in [1.29, 1.82) is 0 Å². The van der Waals surface area contributed by atoms with E-state index >= 15 is 0 Å². The number of rotatable bonds is 6. The van der Waals surface area contributed by atoms with Crippen molar-refractivity contribution in [3.05, 3.63) is 65.7 Å². The molecule has 0 heterocycles. The predicted molar refractivity (Wildman–Crippen MR) is 96.7 cm³/mol. The summed E-state index contributed by atoms with van der Waals surface area (Å²) in [5, 5.41) is 0. The average Bonchev–Trinajstić information content (AvgIpc) is 2.60. The first kappa shape index (κ1) is 17.2. The van der Waals surface area contributed by atoms with Crippen molar-refractivity contribution in [2.75, 3.05) is 20.4 Å². The van der Waals surface area contributed by atoms with Gasteiger partial charge in [-0.2, -0.15) is 0 Å². The average molecular weight is 327 g/mol. The van der Waals surface area contributed by atoms with E-state index in [9.17, 15) is 4.79 Å². The Balaban J connectivity index is 1.96. The second-order valence-corrected chi connectivity index (χ2v) is 6.03. The maximum absolute atomic E-state index is 12.2. The van der Waals surface area contributed by atoms with Crippen LogP contribution in [0.5, 0.6) is 5.75 Å². The van der Waals surface area contributed by atoms with E-state index in [1.165, 1.54) is 4.90 Å². The van der Waals surface area contributed by atoms with Gasteiger partial charge in [-0.3, -0.25) is 4.79 Å². The topological polar surface area (TPSA) is 29.5 Å². The highest BCUT2D eigenvalue weighted by Crippen LogP contribution is 2.16. The zero-order chi connectivity index (χ0) is 16.7. The number of amides is 1. The highest BCUT2D eigenvalue weighted by molar-refractivity contribution is 7.98. The van der Waals surface area contributed by atoms with Crippen LogP contribution in [0, 0.1) is 0 Å². The number of benzene rings is 2. The van der Waals surface area contributed by atoms with Crippen molar-refractivity contribution < 1.29 is 9.53 Å². The molecule has 0 aromatic heterocycles. The van der Waals surface area contributed by atoms with Crippen LogP contribution in [0.25, 0.3) is 6.08 Å². The minimum Gasteiger partial charge on any atom is -0.497 e. The maximum atomic E-state index is 12.2. The molecule has 2 aromatic carbocycles. The summed E-state index contributed by atoms with van der Waals surface area (Å²) in [5.74, 6) is 0.773. The summed E-state index contributed by atoms with van der Waals surface area (Å²) in [6.07, 6.45) is 5.49. The number of thioether (sulfide) groups is 1. The van der Waals surface area contributed by atoms with Gasteiger partial charge in [-0.25, -0.2) is 0 Å². The van der Waals surface area contributed by atoms with Crippen LogP contribution in [0.3, 0.4) is 0 Å². The van der Waals surface area contributed by atoms with Crippen molar-refractivity contribution in [3.8, 4) is 5.75 Å². The lowest BCUT2D eigenvalue weighted by molar-refractivity contribution is -0.125. The Morgan fingerprint density at radius 1 is 1.22 bits per heavy atom. The molecule has 0 atom stereocenters.